The van der Waals surface area contributed by atoms with Gasteiger partial charge in [-0.15, -0.1) is 0 Å². The Labute approximate surface area is 143 Å². The number of benzene rings is 1. The Kier molecular flexibility index (Phi) is 5.93. The molecule has 0 bridgehead atoms. The van der Waals surface area contributed by atoms with E-state index in [0.717, 1.165) is 43.1 Å². The number of carbonyl (C=O) groups excluding carboxylic acids is 1. The van der Waals surface area contributed by atoms with Gasteiger partial charge in [-0.05, 0) is 25.5 Å². The Balaban J connectivity index is 1.53. The smallest absolute Gasteiger partial charge is 0.234 e. The summed E-state index contributed by atoms with van der Waals surface area (Å²) in [4.78, 5) is 14.3. The standard InChI is InChI=1S/C18H26N2O4/c1-2-20(13-17(21)19-11-15-6-4-8-22-15)12-14-5-3-7-16-18(14)24-10-9-23-16/h3,5,7,15H,2,4,6,8-13H2,1H3,(H,19,21)/t15-/m0/s1. The number of fused-ring (bicyclic) bond motifs is 1. The van der Waals surface area contributed by atoms with Crippen LogP contribution in [-0.4, -0.2) is 56.4 Å². The Morgan fingerprint density at radius 3 is 2.96 bits per heavy atom. The van der Waals surface area contributed by atoms with Crippen molar-refractivity contribution in [1.29, 1.82) is 0 Å². The predicted molar refractivity (Wildman–Crippen MR) is 90.4 cm³/mol. The maximum Gasteiger partial charge on any atom is 0.234 e. The predicted octanol–water partition coefficient (Wildman–Crippen LogP) is 1.57. The second kappa shape index (κ2) is 8.35. The van der Waals surface area contributed by atoms with E-state index in [9.17, 15) is 4.79 Å². The van der Waals surface area contributed by atoms with Gasteiger partial charge in [-0.25, -0.2) is 0 Å². The molecular weight excluding hydrogens is 308 g/mol. The zero-order valence-electron chi connectivity index (χ0n) is 14.3. The van der Waals surface area contributed by atoms with Gasteiger partial charge in [0.2, 0.25) is 5.91 Å². The number of ether oxygens (including phenoxy) is 3. The van der Waals surface area contributed by atoms with E-state index in [0.29, 0.717) is 32.8 Å². The van der Waals surface area contributed by atoms with Gasteiger partial charge in [0.1, 0.15) is 13.2 Å². The van der Waals surface area contributed by atoms with Gasteiger partial charge in [-0.1, -0.05) is 19.1 Å². The van der Waals surface area contributed by atoms with E-state index in [2.05, 4.69) is 17.1 Å². The average molecular weight is 334 g/mol. The Morgan fingerprint density at radius 1 is 1.29 bits per heavy atom. The maximum atomic E-state index is 12.2. The summed E-state index contributed by atoms with van der Waals surface area (Å²) >= 11 is 0. The zero-order valence-corrected chi connectivity index (χ0v) is 14.3. The van der Waals surface area contributed by atoms with Crippen LogP contribution >= 0.6 is 0 Å². The van der Waals surface area contributed by atoms with Crippen LogP contribution in [0.2, 0.25) is 0 Å². The van der Waals surface area contributed by atoms with Crippen molar-refractivity contribution in [1.82, 2.24) is 10.2 Å². The fourth-order valence-corrected chi connectivity index (χ4v) is 3.07. The van der Waals surface area contributed by atoms with Gasteiger partial charge in [0.15, 0.2) is 11.5 Å². The number of carbonyl (C=O) groups is 1. The molecule has 0 radical (unpaired) electrons. The summed E-state index contributed by atoms with van der Waals surface area (Å²) < 4.78 is 16.9. The van der Waals surface area contributed by atoms with Crippen molar-refractivity contribution in [2.24, 2.45) is 0 Å². The third-order valence-corrected chi connectivity index (χ3v) is 4.41. The largest absolute Gasteiger partial charge is 0.486 e. The molecule has 132 valence electrons. The van der Waals surface area contributed by atoms with Gasteiger partial charge in [0, 0.05) is 25.3 Å². The molecule has 0 saturated carbocycles. The lowest BCUT2D eigenvalue weighted by atomic mass is 10.1. The average Bonchev–Trinajstić information content (AvgIpc) is 3.13. The molecule has 0 aromatic heterocycles. The Hall–Kier alpha value is -1.79. The molecule has 6 heteroatoms. The minimum absolute atomic E-state index is 0.0364. The minimum Gasteiger partial charge on any atom is -0.486 e. The summed E-state index contributed by atoms with van der Waals surface area (Å²) in [5, 5.41) is 2.98. The number of hydrogen-bond acceptors (Lipinski definition) is 5. The summed E-state index contributed by atoms with van der Waals surface area (Å²) in [7, 11) is 0. The summed E-state index contributed by atoms with van der Waals surface area (Å²) in [6.45, 7) is 6.44. The van der Waals surface area contributed by atoms with Crippen LogP contribution in [-0.2, 0) is 16.1 Å². The van der Waals surface area contributed by atoms with E-state index in [1.54, 1.807) is 0 Å². The normalized spacial score (nSPS) is 19.5. The van der Waals surface area contributed by atoms with Crippen LogP contribution in [0.3, 0.4) is 0 Å². The fraction of sp³-hybridized carbons (Fsp3) is 0.611. The fourth-order valence-electron chi connectivity index (χ4n) is 3.07. The van der Waals surface area contributed by atoms with Crippen molar-refractivity contribution in [2.45, 2.75) is 32.4 Å². The first-order valence-corrected chi connectivity index (χ1v) is 8.74. The van der Waals surface area contributed by atoms with Crippen molar-refractivity contribution in [3.05, 3.63) is 23.8 Å². The zero-order chi connectivity index (χ0) is 16.8. The topological polar surface area (TPSA) is 60.0 Å². The van der Waals surface area contributed by atoms with Gasteiger partial charge in [-0.2, -0.15) is 0 Å². The highest BCUT2D eigenvalue weighted by Gasteiger charge is 2.19. The van der Waals surface area contributed by atoms with Crippen LogP contribution in [0.5, 0.6) is 11.5 Å². The number of nitrogens with one attached hydrogen (secondary N) is 1. The van der Waals surface area contributed by atoms with Gasteiger partial charge >= 0.3 is 0 Å². The van der Waals surface area contributed by atoms with E-state index >= 15 is 0 Å². The molecule has 1 fully saturated rings. The highest BCUT2D eigenvalue weighted by Crippen LogP contribution is 2.34. The Morgan fingerprint density at radius 2 is 2.17 bits per heavy atom. The van der Waals surface area contributed by atoms with Gasteiger partial charge in [-0.3, -0.25) is 9.69 Å². The molecule has 2 aliphatic rings. The minimum atomic E-state index is 0.0364. The molecule has 1 saturated heterocycles. The van der Waals surface area contributed by atoms with Crippen molar-refractivity contribution in [3.63, 3.8) is 0 Å². The lowest BCUT2D eigenvalue weighted by molar-refractivity contribution is -0.122. The van der Waals surface area contributed by atoms with E-state index in [-0.39, 0.29) is 12.0 Å². The number of hydrogen-bond donors (Lipinski definition) is 1. The van der Waals surface area contributed by atoms with E-state index in [1.807, 2.05) is 18.2 Å². The molecule has 2 heterocycles. The highest BCUT2D eigenvalue weighted by atomic mass is 16.6. The first kappa shape index (κ1) is 17.0. The molecule has 3 rings (SSSR count). The summed E-state index contributed by atoms with van der Waals surface area (Å²) in [6, 6.07) is 5.91. The number of rotatable bonds is 7. The quantitative estimate of drug-likeness (QED) is 0.820. The lowest BCUT2D eigenvalue weighted by Gasteiger charge is -2.25. The van der Waals surface area contributed by atoms with E-state index in [4.69, 9.17) is 14.2 Å². The molecular formula is C18H26N2O4. The molecule has 0 aliphatic carbocycles. The van der Waals surface area contributed by atoms with E-state index < -0.39 is 0 Å². The summed E-state index contributed by atoms with van der Waals surface area (Å²) in [6.07, 6.45) is 2.30. The van der Waals surface area contributed by atoms with Crippen LogP contribution < -0.4 is 14.8 Å². The van der Waals surface area contributed by atoms with Gasteiger partial charge < -0.3 is 19.5 Å². The second-order valence-electron chi connectivity index (χ2n) is 6.18. The van der Waals surface area contributed by atoms with Crippen LogP contribution in [0.15, 0.2) is 18.2 Å². The maximum absolute atomic E-state index is 12.2. The number of likely N-dealkylation sites (N-methyl/N-ethyl adjacent to an activating group) is 1. The van der Waals surface area contributed by atoms with Crippen molar-refractivity contribution < 1.29 is 19.0 Å². The molecule has 2 aliphatic heterocycles. The molecule has 1 N–H and O–H groups in total. The SMILES string of the molecule is CCN(CC(=O)NC[C@@H]1CCCO1)Cc1cccc2c1OCCO2. The van der Waals surface area contributed by atoms with Crippen molar-refractivity contribution in [3.8, 4) is 11.5 Å². The number of nitrogens with zero attached hydrogens (tertiary/aromatic N) is 1. The first-order valence-electron chi connectivity index (χ1n) is 8.74. The molecule has 1 aromatic carbocycles. The molecule has 0 unspecified atom stereocenters. The van der Waals surface area contributed by atoms with Crippen LogP contribution in [0, 0.1) is 0 Å². The number of amides is 1. The van der Waals surface area contributed by atoms with Crippen LogP contribution in [0.1, 0.15) is 25.3 Å². The van der Waals surface area contributed by atoms with Crippen LogP contribution in [0.25, 0.3) is 0 Å². The number of para-hydroxylation sites is 1. The highest BCUT2D eigenvalue weighted by molar-refractivity contribution is 5.78. The third-order valence-electron chi connectivity index (χ3n) is 4.41. The Bertz CT molecular complexity index is 558. The van der Waals surface area contributed by atoms with Crippen LogP contribution in [0.4, 0.5) is 0 Å². The lowest BCUT2D eigenvalue weighted by Crippen LogP contribution is -2.40. The molecule has 1 amide bonds. The third kappa shape index (κ3) is 4.39. The van der Waals surface area contributed by atoms with Crippen molar-refractivity contribution in [2.75, 3.05) is 39.5 Å². The molecule has 6 nitrogen and oxygen atoms in total. The van der Waals surface area contributed by atoms with Gasteiger partial charge in [0.25, 0.3) is 0 Å². The van der Waals surface area contributed by atoms with Crippen molar-refractivity contribution >= 4 is 5.91 Å². The molecule has 1 aromatic rings. The molecule has 1 atom stereocenters. The molecule has 24 heavy (non-hydrogen) atoms. The molecule has 0 spiro atoms. The van der Waals surface area contributed by atoms with E-state index in [1.165, 1.54) is 0 Å². The monoisotopic (exact) mass is 334 g/mol. The second-order valence-corrected chi connectivity index (χ2v) is 6.18. The summed E-state index contributed by atoms with van der Waals surface area (Å²) in [5.41, 5.74) is 1.06. The summed E-state index contributed by atoms with van der Waals surface area (Å²) in [5.74, 6) is 1.63. The first-order chi connectivity index (χ1) is 11.8. The van der Waals surface area contributed by atoms with Gasteiger partial charge in [0.05, 0.1) is 12.6 Å².